The van der Waals surface area contributed by atoms with Crippen molar-refractivity contribution in [3.8, 4) is 0 Å². The number of hydrogen-bond acceptors (Lipinski definition) is 2. The first-order chi connectivity index (χ1) is 4.20. The predicted molar refractivity (Wildman–Crippen MR) is 50.1 cm³/mol. The summed E-state index contributed by atoms with van der Waals surface area (Å²) in [4.78, 5) is 8.05. The van der Waals surface area contributed by atoms with Crippen molar-refractivity contribution in [2.75, 3.05) is 0 Å². The van der Waals surface area contributed by atoms with E-state index in [4.69, 9.17) is 0 Å². The van der Waals surface area contributed by atoms with Gasteiger partial charge in [0.25, 0.3) is 0 Å². The zero-order chi connectivity index (χ0) is 6.85. The van der Waals surface area contributed by atoms with Crippen LogP contribution in [0.25, 0.3) is 0 Å². The van der Waals surface area contributed by atoms with Crippen LogP contribution < -0.4 is 0 Å². The summed E-state index contributed by atoms with van der Waals surface area (Å²) in [5.41, 5.74) is 0. The molecule has 0 radical (unpaired) electrons. The van der Waals surface area contributed by atoms with E-state index in [1.807, 2.05) is 0 Å². The van der Waals surface area contributed by atoms with Gasteiger partial charge in [-0.05, 0) is 54.5 Å². The maximum atomic E-state index is 4.04. The van der Waals surface area contributed by atoms with E-state index in [1.54, 1.807) is 6.20 Å². The molecular weight excluding hydrogens is 363 g/mol. The highest BCUT2D eigenvalue weighted by Crippen LogP contribution is 2.15. The van der Waals surface area contributed by atoms with Crippen LogP contribution in [-0.2, 0) is 0 Å². The Bertz CT molecular complexity index is 228. The fourth-order valence-electron chi connectivity index (χ4n) is 0.332. The summed E-state index contributed by atoms with van der Waals surface area (Å²) in [7, 11) is 0. The van der Waals surface area contributed by atoms with Gasteiger partial charge in [-0.3, -0.25) is 0 Å². The van der Waals surface area contributed by atoms with Gasteiger partial charge in [-0.25, -0.2) is 9.97 Å². The second kappa shape index (κ2) is 3.25. The van der Waals surface area contributed by atoms with Gasteiger partial charge in [-0.2, -0.15) is 0 Å². The zero-order valence-electron chi connectivity index (χ0n) is 4.11. The van der Waals surface area contributed by atoms with E-state index in [-0.39, 0.29) is 0 Å². The monoisotopic (exact) mass is 362 g/mol. The lowest BCUT2D eigenvalue weighted by Gasteiger charge is -1.92. The standard InChI is InChI=1S/C4HBr2IN2/c5-2-1-8-4(7)3(6)9-2/h1H. The molecule has 0 saturated carbocycles. The molecule has 1 aromatic rings. The van der Waals surface area contributed by atoms with Crippen molar-refractivity contribution in [3.63, 3.8) is 0 Å². The molecule has 0 N–H and O–H groups in total. The zero-order valence-corrected chi connectivity index (χ0v) is 9.44. The van der Waals surface area contributed by atoms with E-state index < -0.39 is 0 Å². The highest BCUT2D eigenvalue weighted by molar-refractivity contribution is 14.1. The molecule has 0 spiro atoms. The molecule has 1 rings (SSSR count). The van der Waals surface area contributed by atoms with E-state index in [0.717, 1.165) is 12.9 Å². The van der Waals surface area contributed by atoms with Crippen molar-refractivity contribution in [2.45, 2.75) is 0 Å². The lowest BCUT2D eigenvalue weighted by atomic mass is 10.8. The molecule has 0 fully saturated rings. The molecule has 5 heteroatoms. The number of halogens is 3. The Balaban J connectivity index is 3.17. The van der Waals surface area contributed by atoms with Crippen molar-refractivity contribution in [2.24, 2.45) is 0 Å². The van der Waals surface area contributed by atoms with Gasteiger partial charge in [-0.15, -0.1) is 0 Å². The molecule has 0 aliphatic rings. The van der Waals surface area contributed by atoms with Gasteiger partial charge < -0.3 is 0 Å². The summed E-state index contributed by atoms with van der Waals surface area (Å²) >= 11 is 8.52. The minimum atomic E-state index is 0.745. The van der Waals surface area contributed by atoms with Crippen LogP contribution in [0.4, 0.5) is 0 Å². The molecule has 0 unspecified atom stereocenters. The molecule has 0 aromatic carbocycles. The average molecular weight is 364 g/mol. The van der Waals surface area contributed by atoms with Gasteiger partial charge in [0.15, 0.2) is 0 Å². The van der Waals surface area contributed by atoms with Crippen LogP contribution in [0.2, 0.25) is 0 Å². The summed E-state index contributed by atoms with van der Waals surface area (Å²) in [6.07, 6.45) is 1.66. The van der Waals surface area contributed by atoms with Crippen molar-refractivity contribution < 1.29 is 0 Å². The molecule has 0 aliphatic carbocycles. The summed E-state index contributed by atoms with van der Waals surface area (Å²) in [5.74, 6) is 0. The fraction of sp³-hybridized carbons (Fsp3) is 0. The summed E-state index contributed by atoms with van der Waals surface area (Å²) in [6.45, 7) is 0. The number of aromatic nitrogens is 2. The minimum absolute atomic E-state index is 0.745. The Labute approximate surface area is 82.9 Å². The third-order valence-corrected chi connectivity index (χ3v) is 3.13. The maximum absolute atomic E-state index is 4.04. The second-order valence-electron chi connectivity index (χ2n) is 1.27. The first kappa shape index (κ1) is 7.87. The van der Waals surface area contributed by atoms with E-state index >= 15 is 0 Å². The van der Waals surface area contributed by atoms with Crippen molar-refractivity contribution in [1.82, 2.24) is 9.97 Å². The van der Waals surface area contributed by atoms with E-state index in [2.05, 4.69) is 64.4 Å². The summed E-state index contributed by atoms with van der Waals surface area (Å²) in [5, 5.41) is 0. The van der Waals surface area contributed by atoms with Gasteiger partial charge in [0.05, 0.1) is 6.20 Å². The lowest BCUT2D eigenvalue weighted by molar-refractivity contribution is 1.09. The van der Waals surface area contributed by atoms with Crippen LogP contribution in [0, 0.1) is 3.70 Å². The fourth-order valence-corrected chi connectivity index (χ4v) is 1.40. The molecule has 2 nitrogen and oxygen atoms in total. The lowest BCUT2D eigenvalue weighted by Crippen LogP contribution is -1.85. The second-order valence-corrected chi connectivity index (χ2v) is 3.86. The SMILES string of the molecule is Brc1cnc(I)c(Br)n1. The Kier molecular flexibility index (Phi) is 2.84. The number of nitrogens with zero attached hydrogens (tertiary/aromatic N) is 2. The molecule has 0 atom stereocenters. The molecule has 0 bridgehead atoms. The Morgan fingerprint density at radius 2 is 2.11 bits per heavy atom. The highest BCUT2D eigenvalue weighted by atomic mass is 127. The molecule has 0 aliphatic heterocycles. The third-order valence-electron chi connectivity index (χ3n) is 0.660. The first-order valence-electron chi connectivity index (χ1n) is 2.03. The highest BCUT2D eigenvalue weighted by Gasteiger charge is 1.97. The van der Waals surface area contributed by atoms with E-state index in [0.29, 0.717) is 0 Å². The minimum Gasteiger partial charge on any atom is -0.245 e. The van der Waals surface area contributed by atoms with Crippen LogP contribution in [0.1, 0.15) is 0 Å². The van der Waals surface area contributed by atoms with Crippen LogP contribution in [-0.4, -0.2) is 9.97 Å². The maximum Gasteiger partial charge on any atom is 0.139 e. The molecular formula is C4HBr2IN2. The largest absolute Gasteiger partial charge is 0.245 e. The first-order valence-corrected chi connectivity index (χ1v) is 4.70. The van der Waals surface area contributed by atoms with Gasteiger partial charge in [0, 0.05) is 0 Å². The molecule has 1 aromatic heterocycles. The number of rotatable bonds is 0. The molecule has 0 saturated heterocycles. The van der Waals surface area contributed by atoms with Crippen LogP contribution in [0.15, 0.2) is 15.4 Å². The van der Waals surface area contributed by atoms with Crippen molar-refractivity contribution in [1.29, 1.82) is 0 Å². The van der Waals surface area contributed by atoms with Crippen LogP contribution in [0.3, 0.4) is 0 Å². The van der Waals surface area contributed by atoms with Crippen LogP contribution in [0.5, 0.6) is 0 Å². The average Bonchev–Trinajstić information content (AvgIpc) is 1.80. The van der Waals surface area contributed by atoms with Gasteiger partial charge in [-0.1, -0.05) is 0 Å². The van der Waals surface area contributed by atoms with Crippen LogP contribution >= 0.6 is 54.5 Å². The van der Waals surface area contributed by atoms with Gasteiger partial charge in [0.2, 0.25) is 0 Å². The topological polar surface area (TPSA) is 25.8 Å². The van der Waals surface area contributed by atoms with Gasteiger partial charge in [0.1, 0.15) is 12.9 Å². The smallest absolute Gasteiger partial charge is 0.139 e. The van der Waals surface area contributed by atoms with E-state index in [1.165, 1.54) is 0 Å². The third kappa shape index (κ3) is 2.12. The van der Waals surface area contributed by atoms with Crippen molar-refractivity contribution in [3.05, 3.63) is 19.1 Å². The molecule has 48 valence electrons. The Hall–Kier alpha value is 0.770. The Morgan fingerprint density at radius 1 is 1.44 bits per heavy atom. The normalized spacial score (nSPS) is 9.67. The molecule has 1 heterocycles. The summed E-state index contributed by atoms with van der Waals surface area (Å²) < 4.78 is 2.39. The molecule has 9 heavy (non-hydrogen) atoms. The van der Waals surface area contributed by atoms with E-state index in [9.17, 15) is 0 Å². The quantitative estimate of drug-likeness (QED) is 0.662. The Morgan fingerprint density at radius 3 is 2.56 bits per heavy atom. The predicted octanol–water partition coefficient (Wildman–Crippen LogP) is 2.61. The number of hydrogen-bond donors (Lipinski definition) is 0. The van der Waals surface area contributed by atoms with Crippen molar-refractivity contribution >= 4 is 54.5 Å². The van der Waals surface area contributed by atoms with Gasteiger partial charge >= 0.3 is 0 Å². The summed E-state index contributed by atoms with van der Waals surface area (Å²) in [6, 6.07) is 0. The molecule has 0 amide bonds.